The molecule has 53 heavy (non-hydrogen) atoms. The number of hydrogen-bond donors (Lipinski definition) is 0. The lowest BCUT2D eigenvalue weighted by atomic mass is 10.0. The second-order valence-corrected chi connectivity index (χ2v) is 14.9. The van der Waals surface area contributed by atoms with Crippen LogP contribution in [0.2, 0.25) is 0 Å². The molecule has 0 aliphatic carbocycles. The summed E-state index contributed by atoms with van der Waals surface area (Å²) in [5.74, 6) is 0. The van der Waals surface area contributed by atoms with E-state index in [1.165, 1.54) is 74.6 Å². The summed E-state index contributed by atoms with van der Waals surface area (Å²) in [6.45, 7) is 0. The van der Waals surface area contributed by atoms with E-state index in [1.807, 2.05) is 11.3 Å². The number of anilines is 3. The van der Waals surface area contributed by atoms with Crippen molar-refractivity contribution >= 4 is 91.9 Å². The highest BCUT2D eigenvalue weighted by Crippen LogP contribution is 2.44. The highest BCUT2D eigenvalue weighted by atomic mass is 32.1. The fraction of sp³-hybridized carbons (Fsp3) is 0. The van der Waals surface area contributed by atoms with Crippen LogP contribution in [0, 0.1) is 0 Å². The lowest BCUT2D eigenvalue weighted by molar-refractivity contribution is 1.18. The largest absolute Gasteiger partial charge is 0.310 e. The Hall–Kier alpha value is -6.68. The molecule has 0 N–H and O–H groups in total. The molecule has 0 bridgehead atoms. The third-order valence-electron chi connectivity index (χ3n) is 10.7. The first-order valence-electron chi connectivity index (χ1n) is 18.1. The van der Waals surface area contributed by atoms with Crippen LogP contribution in [0.5, 0.6) is 0 Å². The van der Waals surface area contributed by atoms with E-state index < -0.39 is 0 Å². The molecular formula is C50H32N2S. The molecule has 0 atom stereocenters. The predicted molar refractivity (Wildman–Crippen MR) is 229 cm³/mol. The molecule has 0 amide bonds. The second-order valence-electron chi connectivity index (χ2n) is 13.8. The normalized spacial score (nSPS) is 11.8. The monoisotopic (exact) mass is 692 g/mol. The van der Waals surface area contributed by atoms with E-state index in [4.69, 9.17) is 0 Å². The minimum Gasteiger partial charge on any atom is -0.310 e. The first-order valence-corrected chi connectivity index (χ1v) is 18.9. The number of thiophene rings is 1. The topological polar surface area (TPSA) is 8.17 Å². The van der Waals surface area contributed by atoms with E-state index in [-0.39, 0.29) is 0 Å². The summed E-state index contributed by atoms with van der Waals surface area (Å²) >= 11 is 1.87. The Bertz CT molecular complexity index is 3160. The van der Waals surface area contributed by atoms with E-state index in [2.05, 4.69) is 204 Å². The summed E-state index contributed by atoms with van der Waals surface area (Å²) in [4.78, 5) is 2.42. The van der Waals surface area contributed by atoms with Gasteiger partial charge in [0.25, 0.3) is 0 Å². The molecule has 0 unspecified atom stereocenters. The quantitative estimate of drug-likeness (QED) is 0.174. The Morgan fingerprint density at radius 1 is 0.358 bits per heavy atom. The molecule has 248 valence electrons. The molecule has 0 aliphatic heterocycles. The molecule has 0 saturated carbocycles. The number of aromatic nitrogens is 1. The summed E-state index contributed by atoms with van der Waals surface area (Å²) in [6, 6.07) is 71.0. The Morgan fingerprint density at radius 2 is 0.981 bits per heavy atom. The van der Waals surface area contributed by atoms with Gasteiger partial charge in [-0.25, -0.2) is 0 Å². The van der Waals surface area contributed by atoms with Crippen molar-refractivity contribution in [2.24, 2.45) is 0 Å². The van der Waals surface area contributed by atoms with Crippen molar-refractivity contribution < 1.29 is 0 Å². The zero-order chi connectivity index (χ0) is 34.9. The summed E-state index contributed by atoms with van der Waals surface area (Å²) in [6.07, 6.45) is 0. The maximum absolute atomic E-state index is 2.43. The van der Waals surface area contributed by atoms with Crippen LogP contribution in [0.25, 0.3) is 80.3 Å². The van der Waals surface area contributed by atoms with Gasteiger partial charge < -0.3 is 9.47 Å². The Kier molecular flexibility index (Phi) is 6.76. The third-order valence-corrected chi connectivity index (χ3v) is 11.9. The number of benzene rings is 9. The van der Waals surface area contributed by atoms with Gasteiger partial charge in [0.15, 0.2) is 0 Å². The van der Waals surface area contributed by atoms with E-state index in [0.29, 0.717) is 0 Å². The van der Waals surface area contributed by atoms with Crippen LogP contribution in [0.3, 0.4) is 0 Å². The third kappa shape index (κ3) is 4.86. The summed E-state index contributed by atoms with van der Waals surface area (Å²) < 4.78 is 5.04. The van der Waals surface area contributed by atoms with Gasteiger partial charge in [-0.1, -0.05) is 121 Å². The molecule has 0 fully saturated rings. The van der Waals surface area contributed by atoms with Crippen molar-refractivity contribution in [2.75, 3.05) is 4.90 Å². The van der Waals surface area contributed by atoms with E-state index >= 15 is 0 Å². The van der Waals surface area contributed by atoms with Crippen molar-refractivity contribution in [3.05, 3.63) is 194 Å². The lowest BCUT2D eigenvalue weighted by Gasteiger charge is -2.26. The fourth-order valence-corrected chi connectivity index (χ4v) is 9.36. The number of nitrogens with zero attached hydrogens (tertiary/aromatic N) is 2. The SMILES string of the molecule is c1ccc(-c2ccc(N(c3ccc4sc5cc6ccccc6cc5c4c3)c3ccc4c5c6ccccc6ccc5n(-c5ccccc5)c4c3)cc2)cc1. The van der Waals surface area contributed by atoms with Gasteiger partial charge in [-0.05, 0) is 105 Å². The molecule has 11 rings (SSSR count). The Labute approximate surface area is 311 Å². The van der Waals surface area contributed by atoms with Crippen molar-refractivity contribution in [3.8, 4) is 16.8 Å². The fourth-order valence-electron chi connectivity index (χ4n) is 8.24. The number of hydrogen-bond acceptors (Lipinski definition) is 2. The minimum atomic E-state index is 1.11. The van der Waals surface area contributed by atoms with Gasteiger partial charge in [-0.15, -0.1) is 11.3 Å². The summed E-state index contributed by atoms with van der Waals surface area (Å²) in [5.41, 5.74) is 9.30. The van der Waals surface area contributed by atoms with Gasteiger partial charge in [0.2, 0.25) is 0 Å². The summed E-state index contributed by atoms with van der Waals surface area (Å²) in [7, 11) is 0. The van der Waals surface area contributed by atoms with Gasteiger partial charge in [0.05, 0.1) is 11.0 Å². The smallest absolute Gasteiger partial charge is 0.0562 e. The lowest BCUT2D eigenvalue weighted by Crippen LogP contribution is -2.10. The van der Waals surface area contributed by atoms with Crippen LogP contribution in [0.15, 0.2) is 194 Å². The van der Waals surface area contributed by atoms with Crippen LogP contribution in [0.4, 0.5) is 17.1 Å². The van der Waals surface area contributed by atoms with Crippen molar-refractivity contribution in [1.82, 2.24) is 4.57 Å². The number of rotatable bonds is 5. The van der Waals surface area contributed by atoms with Crippen LogP contribution >= 0.6 is 11.3 Å². The molecule has 2 nitrogen and oxygen atoms in total. The molecule has 2 heterocycles. The van der Waals surface area contributed by atoms with E-state index in [9.17, 15) is 0 Å². The molecule has 2 aromatic heterocycles. The first kappa shape index (κ1) is 30.0. The molecule has 0 saturated heterocycles. The van der Waals surface area contributed by atoms with E-state index in [0.717, 1.165) is 22.7 Å². The van der Waals surface area contributed by atoms with Gasteiger partial charge in [-0.2, -0.15) is 0 Å². The standard InChI is InChI=1S/C50H32N2S/c1-3-11-33(12-4-1)34-19-22-39(23-20-34)51(40-25-28-48-45(31-40)44-29-36-14-7-8-15-37(36)30-49(44)53-48)41-24-26-43-47(32-41)52(38-16-5-2-6-17-38)46-27-21-35-13-9-10-18-42(35)50(43)46/h1-32H. The highest BCUT2D eigenvalue weighted by molar-refractivity contribution is 7.25. The van der Waals surface area contributed by atoms with Crippen LogP contribution in [0.1, 0.15) is 0 Å². The van der Waals surface area contributed by atoms with Gasteiger partial charge in [0, 0.05) is 53.7 Å². The van der Waals surface area contributed by atoms with Gasteiger partial charge >= 0.3 is 0 Å². The number of para-hydroxylation sites is 1. The van der Waals surface area contributed by atoms with Crippen LogP contribution < -0.4 is 4.90 Å². The highest BCUT2D eigenvalue weighted by Gasteiger charge is 2.20. The first-order chi connectivity index (χ1) is 26.3. The molecule has 11 aromatic rings. The maximum atomic E-state index is 2.43. The van der Waals surface area contributed by atoms with Crippen molar-refractivity contribution in [2.45, 2.75) is 0 Å². The maximum Gasteiger partial charge on any atom is 0.0562 e. The van der Waals surface area contributed by atoms with Gasteiger partial charge in [0.1, 0.15) is 0 Å². The number of fused-ring (bicyclic) bond motifs is 9. The molecular weight excluding hydrogens is 661 g/mol. The van der Waals surface area contributed by atoms with Crippen molar-refractivity contribution in [3.63, 3.8) is 0 Å². The average molecular weight is 693 g/mol. The molecule has 3 heteroatoms. The molecule has 0 spiro atoms. The van der Waals surface area contributed by atoms with Crippen LogP contribution in [-0.2, 0) is 0 Å². The zero-order valence-corrected chi connectivity index (χ0v) is 29.6. The second kappa shape index (κ2) is 11.9. The Balaban J connectivity index is 1.16. The van der Waals surface area contributed by atoms with Crippen molar-refractivity contribution in [1.29, 1.82) is 0 Å². The van der Waals surface area contributed by atoms with Crippen LogP contribution in [-0.4, -0.2) is 4.57 Å². The molecule has 0 aliphatic rings. The van der Waals surface area contributed by atoms with Gasteiger partial charge in [-0.3, -0.25) is 0 Å². The van der Waals surface area contributed by atoms with E-state index in [1.54, 1.807) is 0 Å². The Morgan fingerprint density at radius 3 is 1.79 bits per heavy atom. The summed E-state index contributed by atoms with van der Waals surface area (Å²) in [5, 5.41) is 10.2. The molecule has 9 aromatic carbocycles. The molecule has 0 radical (unpaired) electrons. The minimum absolute atomic E-state index is 1.11. The predicted octanol–water partition coefficient (Wildman–Crippen LogP) is 14.6. The average Bonchev–Trinajstić information content (AvgIpc) is 3.75. The zero-order valence-electron chi connectivity index (χ0n) is 28.8.